The van der Waals surface area contributed by atoms with Crippen LogP contribution in [-0.2, 0) is 9.59 Å². The number of amides is 2. The SMILES string of the molecule is C=CC(=O)N1CCC([C@H]2SC2CCNC=C(C(N)=O)/C(=C/CC)c2ccc(C)cc2)CC1. The van der Waals surface area contributed by atoms with Gasteiger partial charge in [-0.2, -0.15) is 11.8 Å². The number of nitrogens with two attached hydrogens (primary N) is 1. The number of piperidine rings is 1. The molecule has 6 heteroatoms. The highest BCUT2D eigenvalue weighted by Crippen LogP contribution is 2.50. The van der Waals surface area contributed by atoms with E-state index in [9.17, 15) is 9.59 Å². The molecule has 2 aliphatic heterocycles. The van der Waals surface area contributed by atoms with Gasteiger partial charge in [-0.25, -0.2) is 0 Å². The third-order valence-electron chi connectivity index (χ3n) is 6.26. The van der Waals surface area contributed by atoms with E-state index in [2.05, 4.69) is 24.9 Å². The summed E-state index contributed by atoms with van der Waals surface area (Å²) in [7, 11) is 0. The molecule has 2 amide bonds. The number of hydrogen-bond acceptors (Lipinski definition) is 4. The van der Waals surface area contributed by atoms with E-state index >= 15 is 0 Å². The van der Waals surface area contributed by atoms with Crippen molar-refractivity contribution < 1.29 is 9.59 Å². The summed E-state index contributed by atoms with van der Waals surface area (Å²) in [6.45, 7) is 10.2. The van der Waals surface area contributed by atoms with Crippen molar-refractivity contribution in [3.63, 3.8) is 0 Å². The summed E-state index contributed by atoms with van der Waals surface area (Å²) in [5.74, 6) is 0.320. The summed E-state index contributed by atoms with van der Waals surface area (Å²) in [5.41, 5.74) is 9.32. The van der Waals surface area contributed by atoms with Gasteiger partial charge in [0.15, 0.2) is 0 Å². The monoisotopic (exact) mass is 453 g/mol. The first kappa shape index (κ1) is 24.2. The number of nitrogens with zero attached hydrogens (tertiary/aromatic N) is 1. The smallest absolute Gasteiger partial charge is 0.250 e. The fourth-order valence-corrected chi connectivity index (χ4v) is 5.80. The number of carbonyl (C=O) groups excluding carboxylic acids is 2. The quantitative estimate of drug-likeness (QED) is 0.243. The third kappa shape index (κ3) is 6.28. The second kappa shape index (κ2) is 11.4. The molecule has 0 aliphatic carbocycles. The molecule has 2 aliphatic rings. The predicted molar refractivity (Wildman–Crippen MR) is 134 cm³/mol. The molecule has 0 radical (unpaired) electrons. The number of hydrogen-bond donors (Lipinski definition) is 2. The number of carbonyl (C=O) groups is 2. The predicted octanol–water partition coefficient (Wildman–Crippen LogP) is 4.05. The molecule has 1 aromatic rings. The average molecular weight is 454 g/mol. The molecule has 2 saturated heterocycles. The van der Waals surface area contributed by atoms with E-state index in [-0.39, 0.29) is 5.91 Å². The Morgan fingerprint density at radius 1 is 1.25 bits per heavy atom. The zero-order valence-electron chi connectivity index (χ0n) is 19.2. The lowest BCUT2D eigenvalue weighted by Crippen LogP contribution is -2.38. The van der Waals surface area contributed by atoms with Gasteiger partial charge in [0.25, 0.3) is 5.91 Å². The molecule has 0 aromatic heterocycles. The Morgan fingerprint density at radius 3 is 2.53 bits per heavy atom. The highest BCUT2D eigenvalue weighted by molar-refractivity contribution is 8.07. The lowest BCUT2D eigenvalue weighted by molar-refractivity contribution is -0.127. The minimum atomic E-state index is -0.419. The fraction of sp³-hybridized carbons (Fsp3) is 0.462. The Morgan fingerprint density at radius 2 is 1.94 bits per heavy atom. The van der Waals surface area contributed by atoms with Crippen LogP contribution in [0.2, 0.25) is 0 Å². The number of thioether (sulfide) groups is 1. The molecule has 1 aromatic carbocycles. The maximum absolute atomic E-state index is 12.2. The minimum absolute atomic E-state index is 0.0480. The number of nitrogens with one attached hydrogen (secondary N) is 1. The molecule has 0 saturated carbocycles. The maximum Gasteiger partial charge on any atom is 0.250 e. The lowest BCUT2D eigenvalue weighted by Gasteiger charge is -2.31. The van der Waals surface area contributed by atoms with Gasteiger partial charge >= 0.3 is 0 Å². The Bertz CT molecular complexity index is 883. The number of primary amides is 1. The molecule has 3 N–H and O–H groups in total. The standard InChI is InChI=1S/C26H35N3O2S/c1-4-6-21(19-9-7-18(3)8-10-19)22(26(27)31)17-28-14-11-23-25(32-23)20-12-15-29(16-13-20)24(30)5-2/h5-10,17,20,23,25,28H,2,4,11-16H2,1,3H3,(H2,27,31)/b21-6+,22-17?/t23?,25-/m1/s1. The Balaban J connectivity index is 1.50. The normalized spacial score (nSPS) is 21.9. The van der Waals surface area contributed by atoms with Crippen molar-refractivity contribution in [2.45, 2.75) is 50.0 Å². The molecular weight excluding hydrogens is 418 g/mol. The summed E-state index contributed by atoms with van der Waals surface area (Å²) >= 11 is 2.05. The van der Waals surface area contributed by atoms with Crippen molar-refractivity contribution >= 4 is 29.1 Å². The molecule has 2 fully saturated rings. The van der Waals surface area contributed by atoms with Gasteiger partial charge in [-0.3, -0.25) is 9.59 Å². The van der Waals surface area contributed by atoms with Crippen molar-refractivity contribution in [3.8, 4) is 0 Å². The summed E-state index contributed by atoms with van der Waals surface area (Å²) in [6.07, 6.45) is 9.29. The molecule has 0 spiro atoms. The summed E-state index contributed by atoms with van der Waals surface area (Å²) < 4.78 is 0. The average Bonchev–Trinajstić information content (AvgIpc) is 3.57. The van der Waals surface area contributed by atoms with E-state index in [1.807, 2.05) is 47.9 Å². The van der Waals surface area contributed by atoms with Crippen molar-refractivity contribution in [2.75, 3.05) is 19.6 Å². The number of allylic oxidation sites excluding steroid dienone is 1. The van der Waals surface area contributed by atoms with Crippen molar-refractivity contribution in [1.29, 1.82) is 0 Å². The third-order valence-corrected chi connectivity index (χ3v) is 7.85. The van der Waals surface area contributed by atoms with Crippen LogP contribution in [0.4, 0.5) is 0 Å². The molecule has 2 atom stereocenters. The fourth-order valence-electron chi connectivity index (χ4n) is 4.38. The Kier molecular flexibility index (Phi) is 8.62. The first-order valence-electron chi connectivity index (χ1n) is 11.5. The second-order valence-corrected chi connectivity index (χ2v) is 9.99. The Labute approximate surface area is 196 Å². The zero-order valence-corrected chi connectivity index (χ0v) is 20.0. The van der Waals surface area contributed by atoms with E-state index < -0.39 is 5.91 Å². The summed E-state index contributed by atoms with van der Waals surface area (Å²) in [4.78, 5) is 25.8. The van der Waals surface area contributed by atoms with Gasteiger partial charge in [0, 0.05) is 36.3 Å². The van der Waals surface area contributed by atoms with Crippen LogP contribution in [0.1, 0.15) is 43.7 Å². The number of benzene rings is 1. The van der Waals surface area contributed by atoms with E-state index in [1.165, 1.54) is 11.6 Å². The van der Waals surface area contributed by atoms with Gasteiger partial charge < -0.3 is 16.0 Å². The van der Waals surface area contributed by atoms with Gasteiger partial charge in [0.1, 0.15) is 0 Å². The van der Waals surface area contributed by atoms with Gasteiger partial charge in [0.2, 0.25) is 5.91 Å². The highest BCUT2D eigenvalue weighted by Gasteiger charge is 2.44. The number of aryl methyl sites for hydroxylation is 1. The first-order valence-corrected chi connectivity index (χ1v) is 12.5. The van der Waals surface area contributed by atoms with Crippen molar-refractivity contribution in [2.24, 2.45) is 11.7 Å². The van der Waals surface area contributed by atoms with Crippen LogP contribution in [0.25, 0.3) is 5.57 Å². The van der Waals surface area contributed by atoms with E-state index in [1.54, 1.807) is 6.20 Å². The van der Waals surface area contributed by atoms with E-state index in [4.69, 9.17) is 5.73 Å². The molecule has 0 bridgehead atoms. The van der Waals surface area contributed by atoms with E-state index in [0.717, 1.165) is 56.5 Å². The van der Waals surface area contributed by atoms with Crippen LogP contribution in [-0.4, -0.2) is 46.8 Å². The van der Waals surface area contributed by atoms with Gasteiger partial charge in [0.05, 0.1) is 5.57 Å². The molecule has 3 rings (SSSR count). The lowest BCUT2D eigenvalue weighted by atomic mass is 9.91. The van der Waals surface area contributed by atoms with E-state index in [0.29, 0.717) is 22.0 Å². The van der Waals surface area contributed by atoms with Crippen LogP contribution >= 0.6 is 11.8 Å². The van der Waals surface area contributed by atoms with Gasteiger partial charge in [-0.1, -0.05) is 49.4 Å². The van der Waals surface area contributed by atoms with Crippen LogP contribution in [0, 0.1) is 12.8 Å². The topological polar surface area (TPSA) is 75.4 Å². The van der Waals surface area contributed by atoms with Crippen molar-refractivity contribution in [3.05, 3.63) is 65.9 Å². The summed E-state index contributed by atoms with van der Waals surface area (Å²) in [5, 5.41) is 4.68. The Hall–Kier alpha value is -2.47. The second-order valence-electron chi connectivity index (χ2n) is 8.56. The summed E-state index contributed by atoms with van der Waals surface area (Å²) in [6, 6.07) is 8.17. The highest BCUT2D eigenvalue weighted by atomic mass is 32.2. The van der Waals surface area contributed by atoms with Gasteiger partial charge in [-0.05, 0) is 55.7 Å². The molecular formula is C26H35N3O2S. The molecule has 1 unspecified atom stereocenters. The van der Waals surface area contributed by atoms with Crippen LogP contribution in [0.5, 0.6) is 0 Å². The number of likely N-dealkylation sites (tertiary alicyclic amines) is 1. The molecule has 172 valence electrons. The van der Waals surface area contributed by atoms with Crippen molar-refractivity contribution in [1.82, 2.24) is 10.2 Å². The largest absolute Gasteiger partial charge is 0.390 e. The maximum atomic E-state index is 12.2. The van der Waals surface area contributed by atoms with Gasteiger partial charge in [-0.15, -0.1) is 0 Å². The van der Waals surface area contributed by atoms with Crippen LogP contribution < -0.4 is 11.1 Å². The first-order chi connectivity index (χ1) is 15.4. The van der Waals surface area contributed by atoms with Crippen LogP contribution in [0.3, 0.4) is 0 Å². The zero-order chi connectivity index (χ0) is 23.1. The van der Waals surface area contributed by atoms with Crippen LogP contribution in [0.15, 0.2) is 54.8 Å². The molecule has 2 heterocycles. The molecule has 5 nitrogen and oxygen atoms in total. The minimum Gasteiger partial charge on any atom is -0.390 e. The molecule has 32 heavy (non-hydrogen) atoms. The number of rotatable bonds is 10.